The zero-order chi connectivity index (χ0) is 14.7. The second kappa shape index (κ2) is 7.14. The molecule has 3 N–H and O–H groups in total. The first kappa shape index (κ1) is 17.1. The number of hydrogen-bond acceptors (Lipinski definition) is 5. The van der Waals surface area contributed by atoms with Gasteiger partial charge in [0.2, 0.25) is 11.8 Å². The molecule has 0 saturated heterocycles. The molecule has 0 saturated carbocycles. The maximum Gasteiger partial charge on any atom is 0.237 e. The number of halogens is 2. The van der Waals surface area contributed by atoms with E-state index in [0.717, 1.165) is 0 Å². The van der Waals surface area contributed by atoms with Gasteiger partial charge in [-0.15, -0.1) is 12.4 Å². The van der Waals surface area contributed by atoms with Crippen LogP contribution in [0, 0.1) is 12.7 Å². The van der Waals surface area contributed by atoms with E-state index in [0.29, 0.717) is 5.89 Å². The fraction of sp³-hybridized carbons (Fsp3) is 0.308. The van der Waals surface area contributed by atoms with Gasteiger partial charge in [0.05, 0.1) is 6.04 Å². The predicted molar refractivity (Wildman–Crippen MR) is 76.3 cm³/mol. The molecule has 6 nitrogen and oxygen atoms in total. The average Bonchev–Trinajstić information content (AvgIpc) is 2.83. The summed E-state index contributed by atoms with van der Waals surface area (Å²) in [7, 11) is 0. The van der Waals surface area contributed by atoms with Crippen LogP contribution in [0.15, 0.2) is 28.8 Å². The third kappa shape index (κ3) is 3.99. The van der Waals surface area contributed by atoms with Gasteiger partial charge in [0.15, 0.2) is 5.82 Å². The van der Waals surface area contributed by atoms with Gasteiger partial charge in [0, 0.05) is 12.5 Å². The summed E-state index contributed by atoms with van der Waals surface area (Å²) in [6.07, 6.45) is 0. The first-order chi connectivity index (χ1) is 9.49. The van der Waals surface area contributed by atoms with Crippen LogP contribution in [0.5, 0.6) is 0 Å². The number of rotatable bonds is 4. The van der Waals surface area contributed by atoms with Crippen LogP contribution in [0.4, 0.5) is 4.39 Å². The topological polar surface area (TPSA) is 94.0 Å². The van der Waals surface area contributed by atoms with Crippen LogP contribution in [0.1, 0.15) is 30.2 Å². The van der Waals surface area contributed by atoms with Gasteiger partial charge in [-0.25, -0.2) is 4.39 Å². The van der Waals surface area contributed by atoms with E-state index in [2.05, 4.69) is 15.5 Å². The maximum atomic E-state index is 13.9. The van der Waals surface area contributed by atoms with Crippen LogP contribution in [0.3, 0.4) is 0 Å². The summed E-state index contributed by atoms with van der Waals surface area (Å²) < 4.78 is 18.8. The van der Waals surface area contributed by atoms with E-state index in [1.165, 1.54) is 13.0 Å². The third-order valence-electron chi connectivity index (χ3n) is 2.72. The van der Waals surface area contributed by atoms with E-state index in [-0.39, 0.29) is 23.8 Å². The Bertz CT molecular complexity index is 618. The molecular formula is C13H16ClFN4O2. The third-order valence-corrected chi connectivity index (χ3v) is 2.72. The molecule has 0 aliphatic heterocycles. The standard InChI is InChI=1S/C13H15FN4O2.ClH/c1-7(15)13(19)17-11(12-16-8(2)20-18-12)9-5-3-4-6-10(9)14;/h3-7,11H,15H2,1-2H3,(H,17,19);1H/t7-,11?;/m1./s1. The number of aryl methyl sites for hydroxylation is 1. The monoisotopic (exact) mass is 314 g/mol. The molecular weight excluding hydrogens is 299 g/mol. The molecule has 0 aliphatic carbocycles. The number of nitrogens with one attached hydrogen (secondary N) is 1. The fourth-order valence-corrected chi connectivity index (χ4v) is 1.70. The van der Waals surface area contributed by atoms with Gasteiger partial charge in [-0.05, 0) is 13.0 Å². The minimum Gasteiger partial charge on any atom is -0.340 e. The van der Waals surface area contributed by atoms with E-state index < -0.39 is 23.8 Å². The molecule has 0 fully saturated rings. The summed E-state index contributed by atoms with van der Waals surface area (Å²) in [5, 5.41) is 6.35. The van der Waals surface area contributed by atoms with Crippen molar-refractivity contribution < 1.29 is 13.7 Å². The number of aromatic nitrogens is 2. The van der Waals surface area contributed by atoms with Crippen LogP contribution in [0.25, 0.3) is 0 Å². The lowest BCUT2D eigenvalue weighted by atomic mass is 10.1. The lowest BCUT2D eigenvalue weighted by Crippen LogP contribution is -2.41. The number of carbonyl (C=O) groups excluding carboxylic acids is 1. The van der Waals surface area contributed by atoms with Crippen molar-refractivity contribution in [2.75, 3.05) is 0 Å². The van der Waals surface area contributed by atoms with Crippen LogP contribution >= 0.6 is 12.4 Å². The Balaban J connectivity index is 0.00000220. The number of nitrogens with zero attached hydrogens (tertiary/aromatic N) is 2. The SMILES string of the molecule is Cc1nc(C(NC(=O)[C@@H](C)N)c2ccccc2F)no1.Cl. The van der Waals surface area contributed by atoms with E-state index in [4.69, 9.17) is 10.3 Å². The van der Waals surface area contributed by atoms with Gasteiger partial charge >= 0.3 is 0 Å². The molecule has 2 rings (SSSR count). The van der Waals surface area contributed by atoms with E-state index in [9.17, 15) is 9.18 Å². The lowest BCUT2D eigenvalue weighted by molar-refractivity contribution is -0.122. The summed E-state index contributed by atoms with van der Waals surface area (Å²) in [5.41, 5.74) is 5.77. The zero-order valence-corrected chi connectivity index (χ0v) is 12.4. The number of benzene rings is 1. The molecule has 21 heavy (non-hydrogen) atoms. The summed E-state index contributed by atoms with van der Waals surface area (Å²) in [6, 6.07) is 4.51. The van der Waals surface area contributed by atoms with Gasteiger partial charge in [-0.1, -0.05) is 23.4 Å². The highest BCUT2D eigenvalue weighted by Crippen LogP contribution is 2.22. The highest BCUT2D eigenvalue weighted by Gasteiger charge is 2.25. The van der Waals surface area contributed by atoms with Crippen molar-refractivity contribution in [2.45, 2.75) is 25.9 Å². The molecule has 8 heteroatoms. The van der Waals surface area contributed by atoms with Crippen molar-refractivity contribution in [1.82, 2.24) is 15.5 Å². The lowest BCUT2D eigenvalue weighted by Gasteiger charge is -2.17. The number of carbonyl (C=O) groups is 1. The molecule has 0 aliphatic rings. The van der Waals surface area contributed by atoms with Crippen molar-refractivity contribution in [2.24, 2.45) is 5.73 Å². The first-order valence-electron chi connectivity index (χ1n) is 6.09. The molecule has 2 aromatic rings. The molecule has 0 bridgehead atoms. The van der Waals surface area contributed by atoms with Gasteiger partial charge in [0.25, 0.3) is 0 Å². The van der Waals surface area contributed by atoms with E-state index >= 15 is 0 Å². The highest BCUT2D eigenvalue weighted by atomic mass is 35.5. The Morgan fingerprint density at radius 1 is 1.43 bits per heavy atom. The highest BCUT2D eigenvalue weighted by molar-refractivity contribution is 5.85. The summed E-state index contributed by atoms with van der Waals surface area (Å²) in [4.78, 5) is 15.8. The van der Waals surface area contributed by atoms with Crippen LogP contribution < -0.4 is 11.1 Å². The Morgan fingerprint density at radius 3 is 2.62 bits per heavy atom. The van der Waals surface area contributed by atoms with Crippen molar-refractivity contribution in [3.05, 3.63) is 47.4 Å². The fourth-order valence-electron chi connectivity index (χ4n) is 1.70. The maximum absolute atomic E-state index is 13.9. The predicted octanol–water partition coefficient (Wildman–Crippen LogP) is 1.49. The first-order valence-corrected chi connectivity index (χ1v) is 6.09. The van der Waals surface area contributed by atoms with Gasteiger partial charge in [-0.2, -0.15) is 4.98 Å². The van der Waals surface area contributed by atoms with Crippen LogP contribution in [-0.2, 0) is 4.79 Å². The molecule has 0 spiro atoms. The molecule has 1 aromatic carbocycles. The van der Waals surface area contributed by atoms with Gasteiger partial charge < -0.3 is 15.6 Å². The molecule has 1 heterocycles. The summed E-state index contributed by atoms with van der Waals surface area (Å²) in [5.74, 6) is -0.386. The average molecular weight is 315 g/mol. The van der Waals surface area contributed by atoms with Crippen molar-refractivity contribution >= 4 is 18.3 Å². The summed E-state index contributed by atoms with van der Waals surface area (Å²) in [6.45, 7) is 3.15. The van der Waals surface area contributed by atoms with Crippen molar-refractivity contribution in [3.8, 4) is 0 Å². The molecule has 1 aromatic heterocycles. The Labute approximate surface area is 127 Å². The Kier molecular flexibility index (Phi) is 5.80. The van der Waals surface area contributed by atoms with Crippen molar-refractivity contribution in [3.63, 3.8) is 0 Å². The summed E-state index contributed by atoms with van der Waals surface area (Å²) >= 11 is 0. The van der Waals surface area contributed by atoms with Crippen LogP contribution in [-0.4, -0.2) is 22.1 Å². The zero-order valence-electron chi connectivity index (χ0n) is 11.5. The number of amides is 1. The quantitative estimate of drug-likeness (QED) is 0.891. The molecule has 114 valence electrons. The molecule has 1 amide bonds. The number of nitrogens with two attached hydrogens (primary N) is 1. The second-order valence-electron chi connectivity index (χ2n) is 4.42. The van der Waals surface area contributed by atoms with Gasteiger partial charge in [0.1, 0.15) is 11.9 Å². The molecule has 2 atom stereocenters. The van der Waals surface area contributed by atoms with E-state index in [1.807, 2.05) is 0 Å². The van der Waals surface area contributed by atoms with Gasteiger partial charge in [-0.3, -0.25) is 4.79 Å². The largest absolute Gasteiger partial charge is 0.340 e. The Hall–Kier alpha value is -1.99. The van der Waals surface area contributed by atoms with Crippen LogP contribution in [0.2, 0.25) is 0 Å². The van der Waals surface area contributed by atoms with Crippen molar-refractivity contribution in [1.29, 1.82) is 0 Å². The normalized spacial score (nSPS) is 13.1. The smallest absolute Gasteiger partial charge is 0.237 e. The Morgan fingerprint density at radius 2 is 2.10 bits per heavy atom. The molecule has 1 unspecified atom stereocenters. The number of hydrogen-bond donors (Lipinski definition) is 2. The minimum atomic E-state index is -0.841. The minimum absolute atomic E-state index is 0. The molecule has 0 radical (unpaired) electrons. The second-order valence-corrected chi connectivity index (χ2v) is 4.42. The van der Waals surface area contributed by atoms with E-state index in [1.54, 1.807) is 25.1 Å².